The van der Waals surface area contributed by atoms with Crippen molar-refractivity contribution in [2.45, 2.75) is 6.04 Å². The van der Waals surface area contributed by atoms with Gasteiger partial charge in [0.15, 0.2) is 6.04 Å². The number of benzene rings is 1. The molecule has 0 atom stereocenters. The maximum absolute atomic E-state index is 10.7. The summed E-state index contributed by atoms with van der Waals surface area (Å²) in [6.07, 6.45) is 3.37. The predicted molar refractivity (Wildman–Crippen MR) is 87.9 cm³/mol. The molecular formula is C17H13N5O2. The van der Waals surface area contributed by atoms with Crippen LogP contribution in [0.4, 0.5) is 11.4 Å². The largest absolute Gasteiger partial charge is 0.269 e. The lowest BCUT2D eigenvalue weighted by Crippen LogP contribution is -2.01. The van der Waals surface area contributed by atoms with Gasteiger partial charge >= 0.3 is 0 Å². The molecule has 0 aliphatic carbocycles. The monoisotopic (exact) mass is 319 g/mol. The Balaban J connectivity index is 1.90. The van der Waals surface area contributed by atoms with Crippen molar-refractivity contribution < 1.29 is 4.92 Å². The summed E-state index contributed by atoms with van der Waals surface area (Å²) in [5.41, 5.74) is 1.99. The molecule has 1 aromatic carbocycles. The lowest BCUT2D eigenvalue weighted by atomic mass is 10.1. The van der Waals surface area contributed by atoms with Crippen LogP contribution in [0.3, 0.4) is 0 Å². The average molecular weight is 319 g/mol. The van der Waals surface area contributed by atoms with E-state index < -0.39 is 11.0 Å². The van der Waals surface area contributed by atoms with Gasteiger partial charge in [0.05, 0.1) is 22.0 Å². The highest BCUT2D eigenvalue weighted by molar-refractivity contribution is 5.43. The van der Waals surface area contributed by atoms with Crippen molar-refractivity contribution in [3.63, 3.8) is 0 Å². The Morgan fingerprint density at radius 1 is 0.875 bits per heavy atom. The second-order valence-electron chi connectivity index (χ2n) is 4.90. The van der Waals surface area contributed by atoms with Crippen molar-refractivity contribution >= 4 is 11.4 Å². The van der Waals surface area contributed by atoms with Crippen molar-refractivity contribution in [3.8, 4) is 0 Å². The molecule has 0 saturated carbocycles. The number of nitro groups is 1. The van der Waals surface area contributed by atoms with E-state index in [4.69, 9.17) is 0 Å². The van der Waals surface area contributed by atoms with Crippen molar-refractivity contribution in [3.05, 3.63) is 94.6 Å². The van der Waals surface area contributed by atoms with Crippen LogP contribution in [-0.4, -0.2) is 14.9 Å². The van der Waals surface area contributed by atoms with E-state index in [2.05, 4.69) is 20.2 Å². The smallest absolute Gasteiger partial charge is 0.259 e. The minimum absolute atomic E-state index is 0.0138. The Morgan fingerprint density at radius 2 is 1.46 bits per heavy atom. The van der Waals surface area contributed by atoms with E-state index in [0.29, 0.717) is 5.69 Å². The molecule has 0 radical (unpaired) electrons. The summed E-state index contributed by atoms with van der Waals surface area (Å²) in [4.78, 5) is 18.9. The highest BCUT2D eigenvalue weighted by Crippen LogP contribution is 2.26. The van der Waals surface area contributed by atoms with Crippen LogP contribution in [0, 0.1) is 10.1 Å². The number of aromatic nitrogens is 2. The first-order valence-electron chi connectivity index (χ1n) is 7.21. The Morgan fingerprint density at radius 3 is 1.92 bits per heavy atom. The van der Waals surface area contributed by atoms with E-state index in [-0.39, 0.29) is 5.69 Å². The third-order valence-corrected chi connectivity index (χ3v) is 3.29. The van der Waals surface area contributed by atoms with Crippen molar-refractivity contribution in [1.82, 2.24) is 9.97 Å². The second kappa shape index (κ2) is 7.19. The maximum atomic E-state index is 10.7. The Kier molecular flexibility index (Phi) is 4.62. The molecule has 3 rings (SSSR count). The molecule has 0 aliphatic rings. The predicted octanol–water partition coefficient (Wildman–Crippen LogP) is 4.26. The molecule has 0 amide bonds. The number of pyridine rings is 2. The summed E-state index contributed by atoms with van der Waals surface area (Å²) in [7, 11) is 0. The van der Waals surface area contributed by atoms with Gasteiger partial charge < -0.3 is 0 Å². The summed E-state index contributed by atoms with van der Waals surface area (Å²) in [6, 6.07) is 16.6. The Hall–Kier alpha value is -3.48. The van der Waals surface area contributed by atoms with E-state index >= 15 is 0 Å². The lowest BCUT2D eigenvalue weighted by molar-refractivity contribution is -0.384. The van der Waals surface area contributed by atoms with E-state index in [1.807, 2.05) is 36.4 Å². The fourth-order valence-electron chi connectivity index (χ4n) is 2.11. The molecule has 118 valence electrons. The number of hydrogen-bond donors (Lipinski definition) is 0. The number of rotatable bonds is 5. The van der Waals surface area contributed by atoms with Gasteiger partial charge in [-0.1, -0.05) is 12.1 Å². The third kappa shape index (κ3) is 3.64. The van der Waals surface area contributed by atoms with E-state index in [1.54, 1.807) is 24.5 Å². The van der Waals surface area contributed by atoms with Gasteiger partial charge in [0.1, 0.15) is 0 Å². The van der Waals surface area contributed by atoms with Crippen LogP contribution in [0.1, 0.15) is 17.4 Å². The van der Waals surface area contributed by atoms with E-state index in [1.165, 1.54) is 12.1 Å². The molecule has 24 heavy (non-hydrogen) atoms. The summed E-state index contributed by atoms with van der Waals surface area (Å²) >= 11 is 0. The van der Waals surface area contributed by atoms with Gasteiger partial charge in [0.2, 0.25) is 0 Å². The summed E-state index contributed by atoms with van der Waals surface area (Å²) < 4.78 is 0. The lowest BCUT2D eigenvalue weighted by Gasteiger charge is -2.09. The van der Waals surface area contributed by atoms with Crippen LogP contribution in [0.25, 0.3) is 0 Å². The molecule has 0 unspecified atom stereocenters. The average Bonchev–Trinajstić information content (AvgIpc) is 2.64. The van der Waals surface area contributed by atoms with Crippen molar-refractivity contribution in [1.29, 1.82) is 0 Å². The van der Waals surface area contributed by atoms with Gasteiger partial charge in [0.25, 0.3) is 5.69 Å². The van der Waals surface area contributed by atoms with E-state index in [0.717, 1.165) is 11.4 Å². The minimum atomic E-state index is -0.453. The number of nitrogens with zero attached hydrogens (tertiary/aromatic N) is 5. The number of non-ortho nitro benzene ring substituents is 1. The normalized spacial score (nSPS) is 11.0. The number of nitro benzene ring substituents is 1. The molecule has 0 aliphatic heterocycles. The maximum Gasteiger partial charge on any atom is 0.269 e. The molecule has 0 N–H and O–H groups in total. The fourth-order valence-corrected chi connectivity index (χ4v) is 2.11. The molecule has 2 aromatic heterocycles. The Labute approximate surface area is 137 Å². The first-order chi connectivity index (χ1) is 11.7. The highest BCUT2D eigenvalue weighted by atomic mass is 16.6. The van der Waals surface area contributed by atoms with Crippen LogP contribution >= 0.6 is 0 Å². The fraction of sp³-hybridized carbons (Fsp3) is 0.0588. The second-order valence-corrected chi connectivity index (χ2v) is 4.90. The Bertz CT molecular complexity index is 796. The minimum Gasteiger partial charge on any atom is -0.259 e. The number of hydrogen-bond acceptors (Lipinski definition) is 6. The molecule has 7 nitrogen and oxygen atoms in total. The molecule has 3 aromatic rings. The molecule has 0 fully saturated rings. The molecule has 2 heterocycles. The zero-order chi connectivity index (χ0) is 16.8. The van der Waals surface area contributed by atoms with Gasteiger partial charge in [-0.15, -0.1) is 0 Å². The third-order valence-electron chi connectivity index (χ3n) is 3.29. The zero-order valence-corrected chi connectivity index (χ0v) is 12.6. The quantitative estimate of drug-likeness (QED) is 0.399. The standard InChI is InChI=1S/C17H13N5O2/c23-22(24)14-9-7-13(8-10-14)20-21-17(15-5-1-3-11-18-15)16-6-2-4-12-19-16/h1-12,17H. The molecular weight excluding hydrogens is 306 g/mol. The molecule has 0 spiro atoms. The SMILES string of the molecule is O=[N+]([O-])c1ccc(N=NC(c2ccccn2)c2ccccn2)cc1. The summed E-state index contributed by atoms with van der Waals surface area (Å²) in [5.74, 6) is 0. The van der Waals surface area contributed by atoms with Gasteiger partial charge in [-0.3, -0.25) is 20.1 Å². The first kappa shape index (κ1) is 15.4. The van der Waals surface area contributed by atoms with Crippen molar-refractivity contribution in [2.75, 3.05) is 0 Å². The zero-order valence-electron chi connectivity index (χ0n) is 12.6. The van der Waals surface area contributed by atoms with Crippen LogP contribution in [0.5, 0.6) is 0 Å². The first-order valence-corrected chi connectivity index (χ1v) is 7.21. The van der Waals surface area contributed by atoms with Crippen LogP contribution in [0.15, 0.2) is 83.3 Å². The molecule has 0 saturated heterocycles. The molecule has 7 heteroatoms. The van der Waals surface area contributed by atoms with Gasteiger partial charge in [-0.05, 0) is 36.4 Å². The number of azo groups is 1. The van der Waals surface area contributed by atoms with Gasteiger partial charge in [0, 0.05) is 24.5 Å². The van der Waals surface area contributed by atoms with Gasteiger partial charge in [-0.25, -0.2) is 0 Å². The summed E-state index contributed by atoms with van der Waals surface area (Å²) in [6.45, 7) is 0. The highest BCUT2D eigenvalue weighted by Gasteiger charge is 2.15. The van der Waals surface area contributed by atoms with Crippen LogP contribution in [-0.2, 0) is 0 Å². The van der Waals surface area contributed by atoms with Crippen LogP contribution < -0.4 is 0 Å². The summed E-state index contributed by atoms with van der Waals surface area (Å²) in [5, 5.41) is 19.2. The van der Waals surface area contributed by atoms with Crippen molar-refractivity contribution in [2.24, 2.45) is 10.2 Å². The van der Waals surface area contributed by atoms with Gasteiger partial charge in [-0.2, -0.15) is 10.2 Å². The topological polar surface area (TPSA) is 93.6 Å². The van der Waals surface area contributed by atoms with E-state index in [9.17, 15) is 10.1 Å². The molecule has 0 bridgehead atoms. The van der Waals surface area contributed by atoms with Crippen LogP contribution in [0.2, 0.25) is 0 Å².